The highest BCUT2D eigenvalue weighted by molar-refractivity contribution is 9.10. The van der Waals surface area contributed by atoms with Crippen LogP contribution in [-0.4, -0.2) is 25.6 Å². The number of carbonyl (C=O) groups excluding carboxylic acids is 1. The molecule has 1 amide bonds. The molecule has 0 radical (unpaired) electrons. The molecule has 5 heteroatoms. The van der Waals surface area contributed by atoms with Crippen molar-refractivity contribution in [3.05, 3.63) is 22.7 Å². The normalized spacial score (nSPS) is 22.8. The first-order valence-corrected chi connectivity index (χ1v) is 6.79. The van der Waals surface area contributed by atoms with Gasteiger partial charge in [-0.3, -0.25) is 4.79 Å². The van der Waals surface area contributed by atoms with Crippen molar-refractivity contribution in [3.63, 3.8) is 0 Å². The molecule has 0 bridgehead atoms. The number of nitrogens with one attached hydrogen (secondary N) is 2. The van der Waals surface area contributed by atoms with Crippen LogP contribution >= 0.6 is 15.9 Å². The first-order valence-electron chi connectivity index (χ1n) is 5.99. The highest BCUT2D eigenvalue weighted by Gasteiger charge is 2.29. The number of rotatable bonds is 3. The summed E-state index contributed by atoms with van der Waals surface area (Å²) in [5, 5.41) is 6.13. The molecule has 1 heterocycles. The summed E-state index contributed by atoms with van der Waals surface area (Å²) in [6, 6.07) is 5.43. The molecule has 0 aromatic heterocycles. The topological polar surface area (TPSA) is 50.4 Å². The molecule has 98 valence electrons. The molecular weight excluding hydrogens is 296 g/mol. The third-order valence-electron chi connectivity index (χ3n) is 3.23. The van der Waals surface area contributed by atoms with E-state index in [0.29, 0.717) is 17.4 Å². The predicted octanol–water partition coefficient (Wildman–Crippen LogP) is 2.39. The first-order chi connectivity index (χ1) is 8.61. The van der Waals surface area contributed by atoms with Crippen LogP contribution in [0.25, 0.3) is 0 Å². The van der Waals surface area contributed by atoms with E-state index in [1.807, 2.05) is 18.2 Å². The van der Waals surface area contributed by atoms with Crippen LogP contribution in [0.3, 0.4) is 0 Å². The van der Waals surface area contributed by atoms with E-state index < -0.39 is 0 Å². The summed E-state index contributed by atoms with van der Waals surface area (Å²) in [4.78, 5) is 12.2. The highest BCUT2D eigenvalue weighted by Crippen LogP contribution is 2.28. The van der Waals surface area contributed by atoms with E-state index in [9.17, 15) is 4.79 Å². The van der Waals surface area contributed by atoms with E-state index in [0.717, 1.165) is 17.4 Å². The fraction of sp³-hybridized carbons (Fsp3) is 0.462. The fourth-order valence-electron chi connectivity index (χ4n) is 2.17. The number of hydrogen-bond acceptors (Lipinski definition) is 3. The number of ether oxygens (including phenoxy) is 1. The van der Waals surface area contributed by atoms with Gasteiger partial charge in [0.1, 0.15) is 5.75 Å². The van der Waals surface area contributed by atoms with Crippen molar-refractivity contribution in [2.75, 3.05) is 19.0 Å². The minimum absolute atomic E-state index is 0.00333. The lowest BCUT2D eigenvalue weighted by molar-refractivity contribution is -0.118. The molecule has 2 N–H and O–H groups in total. The molecule has 0 saturated carbocycles. The SMILES string of the molecule is COc1ccc(Br)cc1NC(=O)C1NCCC1C. The Morgan fingerprint density at radius 2 is 2.33 bits per heavy atom. The number of halogens is 1. The van der Waals surface area contributed by atoms with E-state index in [1.165, 1.54) is 0 Å². The molecule has 1 aromatic carbocycles. The van der Waals surface area contributed by atoms with Crippen LogP contribution in [-0.2, 0) is 4.79 Å². The molecule has 1 aliphatic heterocycles. The number of anilines is 1. The summed E-state index contributed by atoms with van der Waals surface area (Å²) in [5.74, 6) is 1.02. The number of benzene rings is 1. The minimum Gasteiger partial charge on any atom is -0.495 e. The van der Waals surface area contributed by atoms with Gasteiger partial charge in [0, 0.05) is 4.47 Å². The Morgan fingerprint density at radius 3 is 2.94 bits per heavy atom. The lowest BCUT2D eigenvalue weighted by Gasteiger charge is -2.17. The maximum absolute atomic E-state index is 12.2. The van der Waals surface area contributed by atoms with Gasteiger partial charge in [-0.15, -0.1) is 0 Å². The Kier molecular flexibility index (Phi) is 4.24. The van der Waals surface area contributed by atoms with Crippen LogP contribution in [0.2, 0.25) is 0 Å². The van der Waals surface area contributed by atoms with Crippen LogP contribution < -0.4 is 15.4 Å². The fourth-order valence-corrected chi connectivity index (χ4v) is 2.53. The minimum atomic E-state index is -0.117. The van der Waals surface area contributed by atoms with Gasteiger partial charge in [-0.2, -0.15) is 0 Å². The average molecular weight is 313 g/mol. The number of carbonyl (C=O) groups is 1. The Balaban J connectivity index is 2.13. The van der Waals surface area contributed by atoms with Crippen LogP contribution in [0.1, 0.15) is 13.3 Å². The third kappa shape index (κ3) is 2.84. The molecule has 2 rings (SSSR count). The molecule has 0 aliphatic carbocycles. The highest BCUT2D eigenvalue weighted by atomic mass is 79.9. The van der Waals surface area contributed by atoms with Gasteiger partial charge in [-0.05, 0) is 37.1 Å². The Bertz CT molecular complexity index is 451. The molecule has 1 aromatic rings. The largest absolute Gasteiger partial charge is 0.495 e. The Hall–Kier alpha value is -1.07. The molecule has 1 fully saturated rings. The van der Waals surface area contributed by atoms with Gasteiger partial charge in [-0.1, -0.05) is 22.9 Å². The lowest BCUT2D eigenvalue weighted by atomic mass is 10.0. The van der Waals surface area contributed by atoms with Crippen molar-refractivity contribution in [3.8, 4) is 5.75 Å². The van der Waals surface area contributed by atoms with E-state index in [1.54, 1.807) is 7.11 Å². The predicted molar refractivity (Wildman–Crippen MR) is 74.9 cm³/mol. The maximum Gasteiger partial charge on any atom is 0.241 e. The second-order valence-corrected chi connectivity index (χ2v) is 5.45. The van der Waals surface area contributed by atoms with Crippen molar-refractivity contribution in [1.82, 2.24) is 5.32 Å². The summed E-state index contributed by atoms with van der Waals surface area (Å²) < 4.78 is 6.14. The molecule has 2 atom stereocenters. The zero-order valence-electron chi connectivity index (χ0n) is 10.5. The van der Waals surface area contributed by atoms with Crippen LogP contribution in [0.5, 0.6) is 5.75 Å². The summed E-state index contributed by atoms with van der Waals surface area (Å²) >= 11 is 3.39. The third-order valence-corrected chi connectivity index (χ3v) is 3.73. The summed E-state index contributed by atoms with van der Waals surface area (Å²) in [5.41, 5.74) is 0.692. The van der Waals surface area contributed by atoms with Crippen molar-refractivity contribution in [2.45, 2.75) is 19.4 Å². The summed E-state index contributed by atoms with van der Waals surface area (Å²) in [7, 11) is 1.59. The van der Waals surface area contributed by atoms with Crippen molar-refractivity contribution < 1.29 is 9.53 Å². The standard InChI is InChI=1S/C13H17BrN2O2/c1-8-5-6-15-12(8)13(17)16-10-7-9(14)3-4-11(10)18-2/h3-4,7-8,12,15H,5-6H2,1-2H3,(H,16,17). The monoisotopic (exact) mass is 312 g/mol. The van der Waals surface area contributed by atoms with E-state index in [4.69, 9.17) is 4.74 Å². The summed E-state index contributed by atoms with van der Waals surface area (Å²) in [6.45, 7) is 2.98. The molecule has 18 heavy (non-hydrogen) atoms. The molecule has 4 nitrogen and oxygen atoms in total. The van der Waals surface area contributed by atoms with E-state index >= 15 is 0 Å². The zero-order chi connectivity index (χ0) is 13.1. The van der Waals surface area contributed by atoms with E-state index in [-0.39, 0.29) is 11.9 Å². The average Bonchev–Trinajstić information content (AvgIpc) is 2.76. The zero-order valence-corrected chi connectivity index (χ0v) is 12.1. The first kappa shape index (κ1) is 13.4. The summed E-state index contributed by atoms with van der Waals surface area (Å²) in [6.07, 6.45) is 1.04. The second-order valence-electron chi connectivity index (χ2n) is 4.53. The van der Waals surface area contributed by atoms with Gasteiger partial charge >= 0.3 is 0 Å². The Labute approximate surface area is 115 Å². The quantitative estimate of drug-likeness (QED) is 0.901. The smallest absolute Gasteiger partial charge is 0.241 e. The lowest BCUT2D eigenvalue weighted by Crippen LogP contribution is -2.39. The van der Waals surface area contributed by atoms with Gasteiger partial charge in [0.15, 0.2) is 0 Å². The van der Waals surface area contributed by atoms with Crippen LogP contribution in [0.4, 0.5) is 5.69 Å². The van der Waals surface area contributed by atoms with Gasteiger partial charge in [0.25, 0.3) is 0 Å². The van der Waals surface area contributed by atoms with E-state index in [2.05, 4.69) is 33.5 Å². The number of amides is 1. The Morgan fingerprint density at radius 1 is 1.56 bits per heavy atom. The van der Waals surface area contributed by atoms with Gasteiger partial charge in [0.05, 0.1) is 18.8 Å². The van der Waals surface area contributed by atoms with Crippen LogP contribution in [0, 0.1) is 5.92 Å². The second kappa shape index (κ2) is 5.71. The van der Waals surface area contributed by atoms with Crippen molar-refractivity contribution >= 4 is 27.5 Å². The molecule has 1 aliphatic rings. The molecular formula is C13H17BrN2O2. The number of methoxy groups -OCH3 is 1. The van der Waals surface area contributed by atoms with Gasteiger partial charge < -0.3 is 15.4 Å². The van der Waals surface area contributed by atoms with Gasteiger partial charge in [0.2, 0.25) is 5.91 Å². The van der Waals surface area contributed by atoms with Crippen molar-refractivity contribution in [1.29, 1.82) is 0 Å². The van der Waals surface area contributed by atoms with Crippen LogP contribution in [0.15, 0.2) is 22.7 Å². The number of hydrogen-bond donors (Lipinski definition) is 2. The maximum atomic E-state index is 12.2. The van der Waals surface area contributed by atoms with Gasteiger partial charge in [-0.25, -0.2) is 0 Å². The van der Waals surface area contributed by atoms with Crippen molar-refractivity contribution in [2.24, 2.45) is 5.92 Å². The molecule has 2 unspecified atom stereocenters. The molecule has 1 saturated heterocycles. The molecule has 0 spiro atoms.